The minimum absolute atomic E-state index is 0.0130. The van der Waals surface area contributed by atoms with E-state index < -0.39 is 0 Å². The lowest BCUT2D eigenvalue weighted by atomic mass is 10.1. The van der Waals surface area contributed by atoms with Crippen molar-refractivity contribution in [3.05, 3.63) is 33.8 Å². The summed E-state index contributed by atoms with van der Waals surface area (Å²) in [6.45, 7) is 3.74. The van der Waals surface area contributed by atoms with Crippen LogP contribution in [-0.2, 0) is 16.0 Å². The van der Waals surface area contributed by atoms with Gasteiger partial charge in [-0.15, -0.1) is 0 Å². The Kier molecular flexibility index (Phi) is 6.30. The largest absolute Gasteiger partial charge is 0.352 e. The number of carbonyl (C=O) groups excluding carboxylic acids is 2. The normalized spacial score (nSPS) is 10.5. The van der Waals surface area contributed by atoms with Gasteiger partial charge >= 0.3 is 0 Å². The minimum Gasteiger partial charge on any atom is -0.352 e. The number of halogens is 2. The summed E-state index contributed by atoms with van der Waals surface area (Å²) < 4.78 is 0. The molecule has 2 amide bonds. The zero-order chi connectivity index (χ0) is 15.3. The fraction of sp³-hybridized carbons (Fsp3) is 0.429. The zero-order valence-corrected chi connectivity index (χ0v) is 13.3. The third-order valence-corrected chi connectivity index (χ3v) is 3.35. The van der Waals surface area contributed by atoms with Gasteiger partial charge in [0, 0.05) is 23.1 Å². The van der Waals surface area contributed by atoms with Crippen LogP contribution >= 0.6 is 23.2 Å². The van der Waals surface area contributed by atoms with Crippen molar-refractivity contribution in [1.29, 1.82) is 0 Å². The van der Waals surface area contributed by atoms with Crippen molar-refractivity contribution in [2.75, 3.05) is 13.6 Å². The topological polar surface area (TPSA) is 49.4 Å². The highest BCUT2D eigenvalue weighted by molar-refractivity contribution is 6.36. The molecule has 1 rings (SSSR count). The summed E-state index contributed by atoms with van der Waals surface area (Å²) in [5, 5.41) is 3.63. The predicted molar refractivity (Wildman–Crippen MR) is 81.1 cm³/mol. The second kappa shape index (κ2) is 7.50. The molecule has 1 aromatic rings. The first-order valence-corrected chi connectivity index (χ1v) is 7.03. The van der Waals surface area contributed by atoms with Gasteiger partial charge in [-0.2, -0.15) is 0 Å². The van der Waals surface area contributed by atoms with Crippen LogP contribution in [0, 0.1) is 0 Å². The van der Waals surface area contributed by atoms with Crippen LogP contribution in [0.15, 0.2) is 18.2 Å². The number of likely N-dealkylation sites (N-methyl/N-ethyl adjacent to an activating group) is 1. The van der Waals surface area contributed by atoms with Gasteiger partial charge in [-0.3, -0.25) is 9.59 Å². The highest BCUT2D eigenvalue weighted by atomic mass is 35.5. The van der Waals surface area contributed by atoms with E-state index in [4.69, 9.17) is 23.2 Å². The molecule has 0 spiro atoms. The van der Waals surface area contributed by atoms with E-state index in [-0.39, 0.29) is 30.8 Å². The summed E-state index contributed by atoms with van der Waals surface area (Å²) in [6.07, 6.45) is 0.0734. The lowest BCUT2D eigenvalue weighted by Crippen LogP contribution is -2.41. The minimum atomic E-state index is -0.209. The molecule has 20 heavy (non-hydrogen) atoms. The van der Waals surface area contributed by atoms with E-state index >= 15 is 0 Å². The molecule has 4 nitrogen and oxygen atoms in total. The van der Waals surface area contributed by atoms with Crippen molar-refractivity contribution in [1.82, 2.24) is 10.2 Å². The van der Waals surface area contributed by atoms with Crippen molar-refractivity contribution in [3.63, 3.8) is 0 Å². The number of benzene rings is 1. The second-order valence-corrected chi connectivity index (χ2v) is 5.66. The van der Waals surface area contributed by atoms with Gasteiger partial charge in [-0.05, 0) is 31.5 Å². The van der Waals surface area contributed by atoms with E-state index in [2.05, 4.69) is 5.32 Å². The Labute approximate surface area is 129 Å². The van der Waals surface area contributed by atoms with Gasteiger partial charge in [0.15, 0.2) is 0 Å². The van der Waals surface area contributed by atoms with Gasteiger partial charge in [0.25, 0.3) is 0 Å². The molecular formula is C14H18Cl2N2O2. The van der Waals surface area contributed by atoms with Crippen LogP contribution in [0.1, 0.15) is 19.4 Å². The van der Waals surface area contributed by atoms with Gasteiger partial charge in [0.1, 0.15) is 0 Å². The van der Waals surface area contributed by atoms with Crippen molar-refractivity contribution < 1.29 is 9.59 Å². The van der Waals surface area contributed by atoms with Crippen LogP contribution in [0.4, 0.5) is 0 Å². The summed E-state index contributed by atoms with van der Waals surface area (Å²) in [6, 6.07) is 5.13. The third-order valence-electron chi connectivity index (χ3n) is 2.65. The van der Waals surface area contributed by atoms with E-state index in [0.29, 0.717) is 15.6 Å². The summed E-state index contributed by atoms with van der Waals surface area (Å²) in [5.74, 6) is -0.403. The van der Waals surface area contributed by atoms with Crippen LogP contribution < -0.4 is 5.32 Å². The lowest BCUT2D eigenvalue weighted by Gasteiger charge is -2.18. The summed E-state index contributed by atoms with van der Waals surface area (Å²) in [5.41, 5.74) is 0.581. The maximum absolute atomic E-state index is 12.1. The van der Waals surface area contributed by atoms with Crippen LogP contribution in [-0.4, -0.2) is 36.3 Å². The number of amides is 2. The Bertz CT molecular complexity index is 484. The molecule has 0 unspecified atom stereocenters. The Morgan fingerprint density at radius 2 is 1.80 bits per heavy atom. The Morgan fingerprint density at radius 3 is 2.30 bits per heavy atom. The fourth-order valence-electron chi connectivity index (χ4n) is 1.66. The SMILES string of the molecule is CC(C)NC(=O)CN(C)C(=O)Cc1c(Cl)cccc1Cl. The van der Waals surface area contributed by atoms with Gasteiger partial charge in [-0.1, -0.05) is 29.3 Å². The molecule has 1 aromatic carbocycles. The van der Waals surface area contributed by atoms with Gasteiger partial charge < -0.3 is 10.2 Å². The monoisotopic (exact) mass is 316 g/mol. The Morgan fingerprint density at radius 1 is 1.25 bits per heavy atom. The standard InChI is InChI=1S/C14H18Cl2N2O2/c1-9(2)17-13(19)8-18(3)14(20)7-10-11(15)5-4-6-12(10)16/h4-6,9H,7-8H2,1-3H3,(H,17,19). The molecule has 0 aromatic heterocycles. The van der Waals surface area contributed by atoms with E-state index in [1.165, 1.54) is 4.90 Å². The first-order chi connectivity index (χ1) is 9.31. The molecule has 0 aliphatic rings. The lowest BCUT2D eigenvalue weighted by molar-refractivity contribution is -0.134. The highest BCUT2D eigenvalue weighted by Gasteiger charge is 2.16. The Hall–Kier alpha value is -1.26. The first-order valence-electron chi connectivity index (χ1n) is 6.27. The van der Waals surface area contributed by atoms with Gasteiger partial charge in [0.05, 0.1) is 13.0 Å². The number of nitrogens with zero attached hydrogens (tertiary/aromatic N) is 1. The van der Waals surface area contributed by atoms with Crippen molar-refractivity contribution in [2.45, 2.75) is 26.3 Å². The van der Waals surface area contributed by atoms with Crippen molar-refractivity contribution >= 4 is 35.0 Å². The van der Waals surface area contributed by atoms with E-state index in [0.717, 1.165) is 0 Å². The van der Waals surface area contributed by atoms with E-state index in [1.54, 1.807) is 25.2 Å². The third kappa shape index (κ3) is 5.02. The molecule has 0 radical (unpaired) electrons. The second-order valence-electron chi connectivity index (χ2n) is 4.85. The summed E-state index contributed by atoms with van der Waals surface area (Å²) in [4.78, 5) is 25.0. The zero-order valence-electron chi connectivity index (χ0n) is 11.7. The van der Waals surface area contributed by atoms with Crippen LogP contribution in [0.2, 0.25) is 10.0 Å². The number of hydrogen-bond acceptors (Lipinski definition) is 2. The average molecular weight is 317 g/mol. The molecule has 0 atom stereocenters. The number of hydrogen-bond donors (Lipinski definition) is 1. The smallest absolute Gasteiger partial charge is 0.239 e. The molecule has 1 N–H and O–H groups in total. The number of rotatable bonds is 5. The first kappa shape index (κ1) is 16.8. The molecule has 0 bridgehead atoms. The van der Waals surface area contributed by atoms with Crippen LogP contribution in [0.25, 0.3) is 0 Å². The maximum Gasteiger partial charge on any atom is 0.239 e. The van der Waals surface area contributed by atoms with Gasteiger partial charge in [-0.25, -0.2) is 0 Å². The van der Waals surface area contributed by atoms with E-state index in [9.17, 15) is 9.59 Å². The summed E-state index contributed by atoms with van der Waals surface area (Å²) >= 11 is 12.0. The van der Waals surface area contributed by atoms with Crippen LogP contribution in [0.5, 0.6) is 0 Å². The Balaban J connectivity index is 2.64. The molecule has 0 saturated carbocycles. The number of nitrogens with one attached hydrogen (secondary N) is 1. The van der Waals surface area contributed by atoms with Gasteiger partial charge in [0.2, 0.25) is 11.8 Å². The summed E-state index contributed by atoms with van der Waals surface area (Å²) in [7, 11) is 1.58. The van der Waals surface area contributed by atoms with E-state index in [1.807, 2.05) is 13.8 Å². The molecule has 0 aliphatic heterocycles. The predicted octanol–water partition coefficient (Wildman–Crippen LogP) is 2.52. The van der Waals surface area contributed by atoms with Crippen LogP contribution in [0.3, 0.4) is 0 Å². The molecule has 0 fully saturated rings. The molecule has 110 valence electrons. The van der Waals surface area contributed by atoms with Crippen molar-refractivity contribution in [3.8, 4) is 0 Å². The number of carbonyl (C=O) groups is 2. The quantitative estimate of drug-likeness (QED) is 0.907. The maximum atomic E-state index is 12.1. The van der Waals surface area contributed by atoms with Crippen molar-refractivity contribution in [2.24, 2.45) is 0 Å². The highest BCUT2D eigenvalue weighted by Crippen LogP contribution is 2.24. The molecule has 0 heterocycles. The average Bonchev–Trinajstić information content (AvgIpc) is 2.32. The molecule has 0 aliphatic carbocycles. The fourth-order valence-corrected chi connectivity index (χ4v) is 2.19. The molecule has 0 saturated heterocycles. The molecular weight excluding hydrogens is 299 g/mol. The molecule has 6 heteroatoms.